The van der Waals surface area contributed by atoms with Crippen molar-refractivity contribution in [3.63, 3.8) is 0 Å². The van der Waals surface area contributed by atoms with Crippen molar-refractivity contribution in [1.82, 2.24) is 0 Å². The van der Waals surface area contributed by atoms with E-state index in [-0.39, 0.29) is 11.7 Å². The maximum absolute atomic E-state index is 13.5. The predicted molar refractivity (Wildman–Crippen MR) is 118 cm³/mol. The van der Waals surface area contributed by atoms with Gasteiger partial charge < -0.3 is 5.11 Å². The number of fused-ring (bicyclic) bond motifs is 5. The molecule has 5 rings (SSSR count). The summed E-state index contributed by atoms with van der Waals surface area (Å²) >= 11 is 7.67. The highest BCUT2D eigenvalue weighted by Crippen LogP contribution is 2.43. The lowest BCUT2D eigenvalue weighted by atomic mass is 9.75. The first-order chi connectivity index (χ1) is 13.5. The van der Waals surface area contributed by atoms with E-state index in [2.05, 4.69) is 32.0 Å². The van der Waals surface area contributed by atoms with Crippen LogP contribution in [0.25, 0.3) is 16.0 Å². The normalized spacial score (nSPS) is 28.1. The van der Waals surface area contributed by atoms with Crippen molar-refractivity contribution < 1.29 is 9.90 Å². The van der Waals surface area contributed by atoms with E-state index < -0.39 is 0 Å². The standard InChI is InChI=1S/C24H27ClO2S/c1-3-16-8-9-18(21-10-11-22(25)28-21)13-19(16)23-20(26)12-15-4-6-17(7-5-15)14(2)24(23)27/h8-11,13-15,17,26H,3-7,12H2,1-2H3/b23-20+/t14-,15-,17+/m0/s1. The van der Waals surface area contributed by atoms with E-state index >= 15 is 0 Å². The van der Waals surface area contributed by atoms with Crippen LogP contribution in [0.15, 0.2) is 36.1 Å². The number of ketones is 1. The van der Waals surface area contributed by atoms with Gasteiger partial charge in [0.05, 0.1) is 9.91 Å². The zero-order chi connectivity index (χ0) is 19.8. The minimum Gasteiger partial charge on any atom is -0.512 e. The first-order valence-electron chi connectivity index (χ1n) is 10.3. The molecule has 1 aromatic carbocycles. The van der Waals surface area contributed by atoms with Crippen LogP contribution >= 0.6 is 22.9 Å². The van der Waals surface area contributed by atoms with Gasteiger partial charge in [0, 0.05) is 17.2 Å². The number of Topliss-reactive ketones (excluding diaryl/α,β-unsaturated/α-hetero) is 1. The van der Waals surface area contributed by atoms with E-state index in [0.717, 1.165) is 58.0 Å². The lowest BCUT2D eigenvalue weighted by Gasteiger charge is -2.29. The second-order valence-electron chi connectivity index (χ2n) is 8.29. The average molecular weight is 415 g/mol. The molecule has 148 valence electrons. The maximum Gasteiger partial charge on any atom is 0.169 e. The van der Waals surface area contributed by atoms with Gasteiger partial charge >= 0.3 is 0 Å². The smallest absolute Gasteiger partial charge is 0.169 e. The quantitative estimate of drug-likeness (QED) is 0.571. The van der Waals surface area contributed by atoms with Crippen LogP contribution in [-0.4, -0.2) is 10.9 Å². The number of thiophene rings is 1. The number of rotatable bonds is 3. The van der Waals surface area contributed by atoms with Gasteiger partial charge in [0.1, 0.15) is 5.76 Å². The molecule has 1 heterocycles. The molecule has 28 heavy (non-hydrogen) atoms. The molecule has 0 radical (unpaired) electrons. The molecular formula is C24H27ClO2S. The van der Waals surface area contributed by atoms with E-state index in [9.17, 15) is 9.90 Å². The molecule has 1 aromatic heterocycles. The van der Waals surface area contributed by atoms with Crippen molar-refractivity contribution in [2.75, 3.05) is 0 Å². The summed E-state index contributed by atoms with van der Waals surface area (Å²) in [6, 6.07) is 10.2. The Morgan fingerprint density at radius 2 is 1.89 bits per heavy atom. The third-order valence-corrected chi connectivity index (χ3v) is 7.93. The topological polar surface area (TPSA) is 37.3 Å². The number of allylic oxidation sites excluding steroid dienone is 2. The van der Waals surface area contributed by atoms with Crippen molar-refractivity contribution in [2.45, 2.75) is 52.4 Å². The van der Waals surface area contributed by atoms with E-state index in [4.69, 9.17) is 11.6 Å². The Balaban J connectivity index is 1.85. The summed E-state index contributed by atoms with van der Waals surface area (Å²) in [4.78, 5) is 14.6. The molecule has 0 spiro atoms. The number of halogens is 1. The molecular weight excluding hydrogens is 388 g/mol. The van der Waals surface area contributed by atoms with Crippen LogP contribution in [0.3, 0.4) is 0 Å². The van der Waals surface area contributed by atoms with Crippen molar-refractivity contribution in [3.05, 3.63) is 51.6 Å². The molecule has 4 heteroatoms. The van der Waals surface area contributed by atoms with Crippen molar-refractivity contribution in [2.24, 2.45) is 17.8 Å². The Morgan fingerprint density at radius 1 is 1.14 bits per heavy atom. The van der Waals surface area contributed by atoms with Crippen LogP contribution in [0.2, 0.25) is 4.34 Å². The SMILES string of the molecule is CCc1ccc(-c2ccc(Cl)s2)cc1/C1=C(\O)C[C@H]2CC[C@H](CC2)[C@H](C)C1=O. The number of aryl methyl sites for hydroxylation is 1. The van der Waals surface area contributed by atoms with Crippen LogP contribution in [0, 0.1) is 17.8 Å². The minimum atomic E-state index is -0.0410. The fraction of sp³-hybridized carbons (Fsp3) is 0.458. The van der Waals surface area contributed by atoms with Gasteiger partial charge in [0.15, 0.2) is 5.78 Å². The number of hydrogen-bond donors (Lipinski definition) is 1. The van der Waals surface area contributed by atoms with Crippen molar-refractivity contribution in [1.29, 1.82) is 0 Å². The van der Waals surface area contributed by atoms with E-state index in [1.54, 1.807) is 0 Å². The molecule has 2 nitrogen and oxygen atoms in total. The van der Waals surface area contributed by atoms with Crippen molar-refractivity contribution in [3.8, 4) is 10.4 Å². The highest BCUT2D eigenvalue weighted by atomic mass is 35.5. The highest BCUT2D eigenvalue weighted by molar-refractivity contribution is 7.19. The molecule has 0 amide bonds. The van der Waals surface area contributed by atoms with Gasteiger partial charge in [-0.25, -0.2) is 0 Å². The highest BCUT2D eigenvalue weighted by Gasteiger charge is 2.35. The molecule has 3 aliphatic rings. The van der Waals surface area contributed by atoms with Crippen LogP contribution in [0.4, 0.5) is 0 Å². The molecule has 3 aliphatic carbocycles. The van der Waals surface area contributed by atoms with Gasteiger partial charge in [0.2, 0.25) is 0 Å². The Morgan fingerprint density at radius 3 is 2.54 bits per heavy atom. The maximum atomic E-state index is 13.5. The predicted octanol–water partition coefficient (Wildman–Crippen LogP) is 7.32. The zero-order valence-corrected chi connectivity index (χ0v) is 18.1. The summed E-state index contributed by atoms with van der Waals surface area (Å²) in [7, 11) is 0. The van der Waals surface area contributed by atoms with Crippen LogP contribution in [0.1, 0.15) is 57.1 Å². The number of carbonyl (C=O) groups is 1. The van der Waals surface area contributed by atoms with Crippen LogP contribution < -0.4 is 0 Å². The molecule has 0 unspecified atom stereocenters. The zero-order valence-electron chi connectivity index (χ0n) is 16.5. The van der Waals surface area contributed by atoms with Gasteiger partial charge in [-0.15, -0.1) is 11.3 Å². The van der Waals surface area contributed by atoms with Gasteiger partial charge in [-0.1, -0.05) is 37.6 Å². The third-order valence-electron chi connectivity index (χ3n) is 6.65. The van der Waals surface area contributed by atoms with Gasteiger partial charge in [0.25, 0.3) is 0 Å². The molecule has 0 aliphatic heterocycles. The van der Waals surface area contributed by atoms with E-state index in [1.807, 2.05) is 12.1 Å². The van der Waals surface area contributed by atoms with Gasteiger partial charge in [-0.3, -0.25) is 4.79 Å². The summed E-state index contributed by atoms with van der Waals surface area (Å²) in [5, 5.41) is 11.1. The summed E-state index contributed by atoms with van der Waals surface area (Å²) in [6.45, 7) is 4.16. The Labute approximate surface area is 176 Å². The first-order valence-corrected chi connectivity index (χ1v) is 11.5. The Hall–Kier alpha value is -1.58. The molecule has 1 atom stereocenters. The number of aliphatic hydroxyl groups excluding tert-OH is 1. The molecule has 1 saturated carbocycles. The summed E-state index contributed by atoms with van der Waals surface area (Å²) in [6.07, 6.45) is 5.89. The fourth-order valence-electron chi connectivity index (χ4n) is 4.88. The second-order valence-corrected chi connectivity index (χ2v) is 10.0. The van der Waals surface area contributed by atoms with E-state index in [1.165, 1.54) is 11.3 Å². The lowest BCUT2D eigenvalue weighted by molar-refractivity contribution is -0.118. The van der Waals surface area contributed by atoms with Gasteiger partial charge in [-0.05, 0) is 78.8 Å². The number of aliphatic hydroxyl groups is 1. The van der Waals surface area contributed by atoms with Crippen molar-refractivity contribution >= 4 is 34.3 Å². The molecule has 1 fully saturated rings. The number of benzene rings is 1. The third kappa shape index (κ3) is 3.67. The molecule has 1 N–H and O–H groups in total. The number of carbonyl (C=O) groups excluding carboxylic acids is 1. The summed E-state index contributed by atoms with van der Waals surface area (Å²) in [5.74, 6) is 1.30. The Kier molecular flexibility index (Phi) is 5.66. The summed E-state index contributed by atoms with van der Waals surface area (Å²) in [5.41, 5.74) is 3.63. The van der Waals surface area contributed by atoms with E-state index in [0.29, 0.717) is 29.6 Å². The fourth-order valence-corrected chi connectivity index (χ4v) is 5.92. The summed E-state index contributed by atoms with van der Waals surface area (Å²) < 4.78 is 0.752. The largest absolute Gasteiger partial charge is 0.512 e. The molecule has 2 bridgehead atoms. The van der Waals surface area contributed by atoms with Crippen LogP contribution in [-0.2, 0) is 11.2 Å². The molecule has 0 saturated heterocycles. The molecule has 2 aromatic rings. The Bertz CT molecular complexity index is 918. The van der Waals surface area contributed by atoms with Gasteiger partial charge in [-0.2, -0.15) is 0 Å². The van der Waals surface area contributed by atoms with Crippen LogP contribution in [0.5, 0.6) is 0 Å². The number of hydrogen-bond acceptors (Lipinski definition) is 3. The second kappa shape index (κ2) is 8.04. The monoisotopic (exact) mass is 414 g/mol. The first kappa shape index (κ1) is 19.7. The minimum absolute atomic E-state index is 0.0410. The lowest BCUT2D eigenvalue weighted by Crippen LogP contribution is -2.25. The average Bonchev–Trinajstić information content (AvgIpc) is 3.15.